The van der Waals surface area contributed by atoms with Gasteiger partial charge in [-0.05, 0) is 31.5 Å². The van der Waals surface area contributed by atoms with Gasteiger partial charge in [-0.25, -0.2) is 17.6 Å². The molecule has 3 saturated heterocycles. The van der Waals surface area contributed by atoms with E-state index < -0.39 is 61.1 Å². The Labute approximate surface area is 254 Å². The highest BCUT2D eigenvalue weighted by Crippen LogP contribution is 2.46. The first-order valence-electron chi connectivity index (χ1n) is 16.3. The van der Waals surface area contributed by atoms with E-state index in [1.807, 2.05) is 0 Å². The Bertz CT molecular complexity index is 1890. The zero-order valence-corrected chi connectivity index (χ0v) is 23.5. The molecule has 4 aliphatic rings. The van der Waals surface area contributed by atoms with Crippen molar-refractivity contribution in [1.82, 2.24) is 24.8 Å². The quantitative estimate of drug-likeness (QED) is 0.289. The van der Waals surface area contributed by atoms with E-state index in [0.29, 0.717) is 24.8 Å². The standard InChI is InChI=1S/C31H30F4N6O3/c1-42-28-21(33)4-3-16-10-36-11-18(22(16)28)25-24(35)26-19(12-37-25)29(41-7-8-43-14-20-23(34)27(20)41)39-30(38-26)44-15-31-5-2-6-40(31)13-17(32)9-31/h3-4,10-12,17,20,23,27H,2,5-9,13-15H2,1H3/t17-,20+,23+,27+,31+/m1/s1/i1D,15D2. The monoisotopic (exact) mass is 613 g/mol. The zero-order valence-electron chi connectivity index (χ0n) is 26.5. The van der Waals surface area contributed by atoms with Gasteiger partial charge in [0.2, 0.25) is 0 Å². The van der Waals surface area contributed by atoms with Crippen LogP contribution in [0.2, 0.25) is 0 Å². The van der Waals surface area contributed by atoms with Crippen LogP contribution in [0.4, 0.5) is 23.4 Å². The van der Waals surface area contributed by atoms with Crippen LogP contribution >= 0.6 is 0 Å². The normalized spacial score (nSPS) is 29.5. The molecule has 9 nitrogen and oxygen atoms in total. The molecule has 13 heteroatoms. The first-order chi connectivity index (χ1) is 22.6. The number of halogens is 4. The lowest BCUT2D eigenvalue weighted by molar-refractivity contribution is 0.107. The smallest absolute Gasteiger partial charge is 0.319 e. The highest BCUT2D eigenvalue weighted by molar-refractivity contribution is 6.01. The maximum atomic E-state index is 16.8. The third kappa shape index (κ3) is 4.26. The van der Waals surface area contributed by atoms with Gasteiger partial charge in [-0.1, -0.05) is 0 Å². The minimum atomic E-state index is -2.46. The molecule has 1 aliphatic carbocycles. The van der Waals surface area contributed by atoms with Gasteiger partial charge in [0, 0.05) is 60.4 Å². The van der Waals surface area contributed by atoms with Crippen LogP contribution < -0.4 is 14.4 Å². The Hall–Kier alpha value is -3.84. The van der Waals surface area contributed by atoms with Gasteiger partial charge in [0.15, 0.2) is 17.4 Å². The molecular formula is C31H30F4N6O3. The predicted molar refractivity (Wildman–Crippen MR) is 153 cm³/mol. The summed E-state index contributed by atoms with van der Waals surface area (Å²) in [6, 6.07) is 1.50. The maximum Gasteiger partial charge on any atom is 0.319 e. The molecule has 4 fully saturated rings. The zero-order chi connectivity index (χ0) is 32.7. The van der Waals surface area contributed by atoms with Gasteiger partial charge < -0.3 is 19.1 Å². The number of hydrogen-bond donors (Lipinski definition) is 0. The molecule has 0 unspecified atom stereocenters. The van der Waals surface area contributed by atoms with Gasteiger partial charge in [-0.3, -0.25) is 14.9 Å². The van der Waals surface area contributed by atoms with E-state index >= 15 is 4.39 Å². The van der Waals surface area contributed by atoms with Gasteiger partial charge in [-0.15, -0.1) is 0 Å². The average molecular weight is 614 g/mol. The second-order valence-electron chi connectivity index (χ2n) is 11.8. The number of rotatable bonds is 6. The fourth-order valence-corrected chi connectivity index (χ4v) is 7.10. The van der Waals surface area contributed by atoms with Crippen LogP contribution in [-0.4, -0.2) is 95.3 Å². The summed E-state index contributed by atoms with van der Waals surface area (Å²) in [5.74, 6) is -2.32. The molecule has 4 aromatic rings. The van der Waals surface area contributed by atoms with Crippen molar-refractivity contribution in [2.75, 3.05) is 51.4 Å². The van der Waals surface area contributed by atoms with Crippen LogP contribution in [0.1, 0.15) is 23.4 Å². The van der Waals surface area contributed by atoms with Crippen molar-refractivity contribution in [3.05, 3.63) is 42.4 Å². The number of methoxy groups -OCH3 is 1. The molecule has 0 spiro atoms. The van der Waals surface area contributed by atoms with Gasteiger partial charge in [-0.2, -0.15) is 9.97 Å². The number of hydrogen-bond acceptors (Lipinski definition) is 9. The molecule has 3 aliphatic heterocycles. The molecule has 1 aromatic carbocycles. The largest absolute Gasteiger partial charge is 0.493 e. The summed E-state index contributed by atoms with van der Waals surface area (Å²) in [7, 11) is -0.593. The van der Waals surface area contributed by atoms with Crippen molar-refractivity contribution in [3.8, 4) is 23.0 Å². The fourth-order valence-electron chi connectivity index (χ4n) is 7.10. The predicted octanol–water partition coefficient (Wildman–Crippen LogP) is 4.66. The van der Waals surface area contributed by atoms with Crippen molar-refractivity contribution in [2.45, 2.75) is 43.2 Å². The second-order valence-corrected chi connectivity index (χ2v) is 11.8. The van der Waals surface area contributed by atoms with E-state index in [4.69, 9.17) is 18.3 Å². The number of fused-ring (bicyclic) bond motifs is 4. The van der Waals surface area contributed by atoms with E-state index in [9.17, 15) is 13.2 Å². The van der Waals surface area contributed by atoms with Crippen LogP contribution in [-0.2, 0) is 4.74 Å². The average Bonchev–Trinajstić information content (AvgIpc) is 3.40. The summed E-state index contributed by atoms with van der Waals surface area (Å²) in [5, 5.41) is 0.676. The molecule has 0 N–H and O–H groups in total. The molecule has 3 aromatic heterocycles. The molecule has 44 heavy (non-hydrogen) atoms. The molecular weight excluding hydrogens is 580 g/mol. The lowest BCUT2D eigenvalue weighted by atomic mass is 9.95. The van der Waals surface area contributed by atoms with Crippen LogP contribution in [0.15, 0.2) is 30.7 Å². The number of aromatic nitrogens is 4. The van der Waals surface area contributed by atoms with Crippen LogP contribution in [0, 0.1) is 17.6 Å². The Balaban J connectivity index is 1.31. The summed E-state index contributed by atoms with van der Waals surface area (Å²) < 4.78 is 104. The Morgan fingerprint density at radius 2 is 2.09 bits per heavy atom. The van der Waals surface area contributed by atoms with Crippen LogP contribution in [0.3, 0.4) is 0 Å². The first-order valence-corrected chi connectivity index (χ1v) is 14.5. The maximum absolute atomic E-state index is 16.8. The Kier molecular flexibility index (Phi) is 5.77. The van der Waals surface area contributed by atoms with Crippen LogP contribution in [0.25, 0.3) is 32.9 Å². The highest BCUT2D eigenvalue weighted by Gasteiger charge is 2.56. The molecule has 8 rings (SSSR count). The first kappa shape index (κ1) is 24.5. The highest BCUT2D eigenvalue weighted by atomic mass is 19.1. The number of pyridine rings is 2. The van der Waals surface area contributed by atoms with Crippen molar-refractivity contribution in [2.24, 2.45) is 5.92 Å². The fraction of sp³-hybridized carbons (Fsp3) is 0.484. The lowest BCUT2D eigenvalue weighted by Gasteiger charge is -2.31. The summed E-state index contributed by atoms with van der Waals surface area (Å²) in [6.45, 7) is -1.20. The molecule has 0 radical (unpaired) electrons. The number of alkyl halides is 2. The van der Waals surface area contributed by atoms with Gasteiger partial charge in [0.05, 0.1) is 41.4 Å². The molecule has 5 atom stereocenters. The number of anilines is 1. The van der Waals surface area contributed by atoms with E-state index in [1.54, 1.807) is 9.80 Å². The molecule has 0 amide bonds. The minimum Gasteiger partial charge on any atom is -0.493 e. The van der Waals surface area contributed by atoms with Crippen LogP contribution in [0.5, 0.6) is 11.8 Å². The van der Waals surface area contributed by atoms with Crippen molar-refractivity contribution in [3.63, 3.8) is 0 Å². The van der Waals surface area contributed by atoms with Crippen molar-refractivity contribution < 1.29 is 35.9 Å². The lowest BCUT2D eigenvalue weighted by Crippen LogP contribution is -2.43. The summed E-state index contributed by atoms with van der Waals surface area (Å²) in [4.78, 5) is 20.8. The second kappa shape index (κ2) is 10.4. The minimum absolute atomic E-state index is 0.0671. The summed E-state index contributed by atoms with van der Waals surface area (Å²) >= 11 is 0. The van der Waals surface area contributed by atoms with Crippen molar-refractivity contribution >= 4 is 27.5 Å². The molecule has 1 saturated carbocycles. The summed E-state index contributed by atoms with van der Waals surface area (Å²) in [6.07, 6.45) is 2.55. The molecule has 230 valence electrons. The van der Waals surface area contributed by atoms with E-state index in [0.717, 1.165) is 6.07 Å². The Morgan fingerprint density at radius 1 is 1.18 bits per heavy atom. The SMILES string of the molecule is [2H]COc1c(F)ccc2cncc(-c3ncc4c(N5CCOC[C@H]6[C@H](F)[C@H]65)nc(OC([2H])([2H])[C@@]56CCCN5C[C@H](F)C6)nc4c3F)c12. The van der Waals surface area contributed by atoms with E-state index in [2.05, 4.69) is 19.9 Å². The molecule has 0 bridgehead atoms. The van der Waals surface area contributed by atoms with Gasteiger partial charge >= 0.3 is 6.01 Å². The van der Waals surface area contributed by atoms with E-state index in [-0.39, 0.29) is 71.8 Å². The van der Waals surface area contributed by atoms with Crippen molar-refractivity contribution in [1.29, 1.82) is 0 Å². The third-order valence-electron chi connectivity index (χ3n) is 9.26. The van der Waals surface area contributed by atoms with Gasteiger partial charge in [0.1, 0.15) is 35.9 Å². The Morgan fingerprint density at radius 3 is 2.98 bits per heavy atom. The number of nitrogens with zero attached hydrogens (tertiary/aromatic N) is 6. The number of ether oxygens (including phenoxy) is 3. The number of benzene rings is 1. The van der Waals surface area contributed by atoms with E-state index in [1.165, 1.54) is 24.7 Å². The summed E-state index contributed by atoms with van der Waals surface area (Å²) in [5.41, 5.74) is -1.76. The third-order valence-corrected chi connectivity index (χ3v) is 9.26. The molecule has 6 heterocycles. The van der Waals surface area contributed by atoms with Gasteiger partial charge in [0.25, 0.3) is 0 Å². The topological polar surface area (TPSA) is 85.7 Å².